The minimum atomic E-state index is -0.0312. The lowest BCUT2D eigenvalue weighted by molar-refractivity contribution is -0.117. The van der Waals surface area contributed by atoms with Crippen LogP contribution in [0, 0.1) is 11.8 Å². The zero-order valence-corrected chi connectivity index (χ0v) is 13.8. The average Bonchev–Trinajstić information content (AvgIpc) is 2.78. The highest BCUT2D eigenvalue weighted by atomic mass is 35.5. The van der Waals surface area contributed by atoms with Crippen LogP contribution in [-0.2, 0) is 4.79 Å². The van der Waals surface area contributed by atoms with Crippen molar-refractivity contribution in [1.82, 2.24) is 4.98 Å². The van der Waals surface area contributed by atoms with Crippen LogP contribution in [0.2, 0.25) is 5.02 Å². The van der Waals surface area contributed by atoms with Gasteiger partial charge in [-0.3, -0.25) is 4.79 Å². The predicted octanol–water partition coefficient (Wildman–Crippen LogP) is 3.90. The third kappa shape index (κ3) is 4.66. The van der Waals surface area contributed by atoms with Gasteiger partial charge in [-0.25, -0.2) is 4.98 Å². The fourth-order valence-corrected chi connectivity index (χ4v) is 3.47. The van der Waals surface area contributed by atoms with E-state index in [9.17, 15) is 4.79 Å². The van der Waals surface area contributed by atoms with Crippen molar-refractivity contribution in [3.8, 4) is 0 Å². The largest absolute Gasteiger partial charge is 0.330 e. The van der Waals surface area contributed by atoms with Crippen molar-refractivity contribution >= 4 is 44.2 Å². The molecule has 0 unspecified atom stereocenters. The number of hydrogen-bond donors (Lipinski definition) is 2. The number of carbonyl (C=O) groups excluding carboxylic acids is 1. The first-order valence-electron chi connectivity index (χ1n) is 7.04. The van der Waals surface area contributed by atoms with E-state index in [1.807, 2.05) is 12.1 Å². The highest BCUT2D eigenvalue weighted by molar-refractivity contribution is 7.22. The number of amides is 1. The first-order chi connectivity index (χ1) is 9.97. The third-order valence-corrected chi connectivity index (χ3v) is 4.38. The van der Waals surface area contributed by atoms with E-state index >= 15 is 0 Å². The quantitative estimate of drug-likeness (QED) is 0.846. The molecule has 4 nitrogen and oxygen atoms in total. The van der Waals surface area contributed by atoms with Crippen molar-refractivity contribution < 1.29 is 4.79 Å². The molecule has 1 amide bonds. The van der Waals surface area contributed by atoms with Crippen molar-refractivity contribution in [3.05, 3.63) is 23.2 Å². The van der Waals surface area contributed by atoms with Crippen molar-refractivity contribution in [1.29, 1.82) is 0 Å². The van der Waals surface area contributed by atoms with Crippen molar-refractivity contribution in [3.63, 3.8) is 0 Å². The number of carbonyl (C=O) groups is 1. The number of benzene rings is 1. The highest BCUT2D eigenvalue weighted by Gasteiger charge is 2.15. The predicted molar refractivity (Wildman–Crippen MR) is 89.9 cm³/mol. The zero-order valence-electron chi connectivity index (χ0n) is 12.2. The topological polar surface area (TPSA) is 68.0 Å². The maximum Gasteiger partial charge on any atom is 0.226 e. The molecule has 2 aromatic rings. The number of hydrogen-bond acceptors (Lipinski definition) is 4. The zero-order chi connectivity index (χ0) is 15.4. The molecule has 0 radical (unpaired) electrons. The molecule has 6 heteroatoms. The van der Waals surface area contributed by atoms with Gasteiger partial charge in [-0.1, -0.05) is 36.8 Å². The van der Waals surface area contributed by atoms with Crippen LogP contribution in [0.4, 0.5) is 5.13 Å². The molecule has 2 rings (SSSR count). The van der Waals surface area contributed by atoms with E-state index in [0.717, 1.165) is 16.6 Å². The molecule has 114 valence electrons. The van der Waals surface area contributed by atoms with Crippen LogP contribution >= 0.6 is 22.9 Å². The summed E-state index contributed by atoms with van der Waals surface area (Å²) < 4.78 is 0.968. The molecular formula is C15H20ClN3OS. The van der Waals surface area contributed by atoms with Gasteiger partial charge in [0.1, 0.15) is 0 Å². The van der Waals surface area contributed by atoms with Gasteiger partial charge in [0.2, 0.25) is 5.91 Å². The maximum absolute atomic E-state index is 12.1. The Morgan fingerprint density at radius 3 is 2.90 bits per heavy atom. The molecule has 0 aliphatic carbocycles. The Bertz CT molecular complexity index is 626. The van der Waals surface area contributed by atoms with Gasteiger partial charge in [-0.2, -0.15) is 0 Å². The first kappa shape index (κ1) is 16.2. The second-order valence-corrected chi connectivity index (χ2v) is 7.08. The number of halogens is 1. The molecule has 0 aliphatic heterocycles. The summed E-state index contributed by atoms with van der Waals surface area (Å²) in [5.74, 6) is 0.723. The van der Waals surface area contributed by atoms with E-state index in [1.54, 1.807) is 6.07 Å². The van der Waals surface area contributed by atoms with Gasteiger partial charge in [0.15, 0.2) is 5.13 Å². The molecule has 0 fully saturated rings. The summed E-state index contributed by atoms with van der Waals surface area (Å²) in [4.78, 5) is 16.5. The van der Waals surface area contributed by atoms with Gasteiger partial charge >= 0.3 is 0 Å². The number of aromatic nitrogens is 1. The minimum absolute atomic E-state index is 0.0312. The number of nitrogens with one attached hydrogen (secondary N) is 1. The van der Waals surface area contributed by atoms with Gasteiger partial charge in [0.25, 0.3) is 0 Å². The van der Waals surface area contributed by atoms with Crippen LogP contribution in [0.1, 0.15) is 26.7 Å². The Hall–Kier alpha value is -1.17. The Balaban J connectivity index is 2.00. The van der Waals surface area contributed by atoms with E-state index in [0.29, 0.717) is 29.0 Å². The number of thiazole rings is 1. The summed E-state index contributed by atoms with van der Waals surface area (Å²) in [6, 6.07) is 5.50. The second kappa shape index (κ2) is 7.20. The molecule has 0 aliphatic rings. The molecule has 1 aromatic heterocycles. The van der Waals surface area contributed by atoms with Gasteiger partial charge in [-0.05, 0) is 43.0 Å². The lowest BCUT2D eigenvalue weighted by Gasteiger charge is -2.15. The molecular weight excluding hydrogens is 306 g/mol. The molecule has 1 heterocycles. The van der Waals surface area contributed by atoms with Gasteiger partial charge in [0, 0.05) is 11.4 Å². The van der Waals surface area contributed by atoms with E-state index in [1.165, 1.54) is 11.3 Å². The molecule has 3 N–H and O–H groups in total. The third-order valence-electron chi connectivity index (χ3n) is 3.21. The summed E-state index contributed by atoms with van der Waals surface area (Å²) in [5, 5.41) is 4.14. The van der Waals surface area contributed by atoms with Crippen molar-refractivity contribution in [2.24, 2.45) is 17.6 Å². The molecule has 0 saturated carbocycles. The van der Waals surface area contributed by atoms with Crippen LogP contribution in [0.15, 0.2) is 18.2 Å². The first-order valence-corrected chi connectivity index (χ1v) is 8.23. The van der Waals surface area contributed by atoms with Crippen LogP contribution in [0.25, 0.3) is 10.2 Å². The minimum Gasteiger partial charge on any atom is -0.330 e. The fraction of sp³-hybridized carbons (Fsp3) is 0.467. The Morgan fingerprint density at radius 1 is 1.48 bits per heavy atom. The summed E-state index contributed by atoms with van der Waals surface area (Å²) in [6.45, 7) is 4.80. The SMILES string of the molecule is CC(C)C[C@H](CN)CC(=O)Nc1nc2ccc(Cl)cc2s1. The number of nitrogens with two attached hydrogens (primary N) is 1. The summed E-state index contributed by atoms with van der Waals surface area (Å²) >= 11 is 7.38. The van der Waals surface area contributed by atoms with Gasteiger partial charge < -0.3 is 11.1 Å². The summed E-state index contributed by atoms with van der Waals surface area (Å²) in [5.41, 5.74) is 6.58. The highest BCUT2D eigenvalue weighted by Crippen LogP contribution is 2.28. The Kier molecular flexibility index (Phi) is 5.56. The van der Waals surface area contributed by atoms with E-state index < -0.39 is 0 Å². The van der Waals surface area contributed by atoms with Crippen molar-refractivity contribution in [2.75, 3.05) is 11.9 Å². The number of rotatable bonds is 6. The molecule has 21 heavy (non-hydrogen) atoms. The average molecular weight is 326 g/mol. The normalized spacial score (nSPS) is 12.8. The van der Waals surface area contributed by atoms with Gasteiger partial charge in [0.05, 0.1) is 10.2 Å². The lowest BCUT2D eigenvalue weighted by atomic mass is 9.94. The lowest BCUT2D eigenvalue weighted by Crippen LogP contribution is -2.23. The number of nitrogens with zero attached hydrogens (tertiary/aromatic N) is 1. The Labute approximate surface area is 133 Å². The van der Waals surface area contributed by atoms with E-state index in [4.69, 9.17) is 17.3 Å². The molecule has 0 spiro atoms. The number of anilines is 1. The van der Waals surface area contributed by atoms with Crippen LogP contribution in [-0.4, -0.2) is 17.4 Å². The number of fused-ring (bicyclic) bond motifs is 1. The summed E-state index contributed by atoms with van der Waals surface area (Å²) in [6.07, 6.45) is 1.39. The molecule has 1 atom stereocenters. The summed E-state index contributed by atoms with van der Waals surface area (Å²) in [7, 11) is 0. The van der Waals surface area contributed by atoms with E-state index in [-0.39, 0.29) is 11.8 Å². The van der Waals surface area contributed by atoms with Crippen molar-refractivity contribution in [2.45, 2.75) is 26.7 Å². The molecule has 0 bridgehead atoms. The monoisotopic (exact) mass is 325 g/mol. The van der Waals surface area contributed by atoms with Crippen LogP contribution < -0.4 is 11.1 Å². The van der Waals surface area contributed by atoms with Gasteiger partial charge in [-0.15, -0.1) is 0 Å². The molecule has 1 aromatic carbocycles. The maximum atomic E-state index is 12.1. The fourth-order valence-electron chi connectivity index (χ4n) is 2.31. The second-order valence-electron chi connectivity index (χ2n) is 5.61. The standard InChI is InChI=1S/C15H20ClN3OS/c1-9(2)5-10(8-17)6-14(20)19-15-18-12-4-3-11(16)7-13(12)21-15/h3-4,7,9-10H,5-6,8,17H2,1-2H3,(H,18,19,20)/t10-/m0/s1. The van der Waals surface area contributed by atoms with Crippen LogP contribution in [0.5, 0.6) is 0 Å². The smallest absolute Gasteiger partial charge is 0.226 e. The Morgan fingerprint density at radius 2 is 2.24 bits per heavy atom. The van der Waals surface area contributed by atoms with E-state index in [2.05, 4.69) is 24.1 Å². The molecule has 0 saturated heterocycles. The van der Waals surface area contributed by atoms with Crippen LogP contribution in [0.3, 0.4) is 0 Å².